The van der Waals surface area contributed by atoms with Gasteiger partial charge in [0.05, 0.1) is 25.2 Å². The van der Waals surface area contributed by atoms with Crippen LogP contribution in [-0.2, 0) is 9.47 Å². The second-order valence-corrected chi connectivity index (χ2v) is 5.06. The zero-order chi connectivity index (χ0) is 15.0. The summed E-state index contributed by atoms with van der Waals surface area (Å²) in [6.07, 6.45) is -0.270. The molecule has 5 nitrogen and oxygen atoms in total. The summed E-state index contributed by atoms with van der Waals surface area (Å²) < 4.78 is 35.4. The molecule has 0 N–H and O–H groups in total. The number of halogens is 1. The van der Waals surface area contributed by atoms with Crippen molar-refractivity contribution in [2.45, 2.75) is 25.7 Å². The summed E-state index contributed by atoms with van der Waals surface area (Å²) in [5, 5.41) is 0. The van der Waals surface area contributed by atoms with Gasteiger partial charge in [-0.25, -0.2) is 4.39 Å². The molecule has 0 spiro atoms. The van der Waals surface area contributed by atoms with Crippen LogP contribution in [-0.4, -0.2) is 38.5 Å². The number of ether oxygens (including phenoxy) is 4. The van der Waals surface area contributed by atoms with Crippen molar-refractivity contribution in [1.82, 2.24) is 0 Å². The molecule has 3 atom stereocenters. The van der Waals surface area contributed by atoms with Gasteiger partial charge in [0.25, 0.3) is 0 Å². The van der Waals surface area contributed by atoms with E-state index >= 15 is 0 Å². The fourth-order valence-corrected chi connectivity index (χ4v) is 2.76. The van der Waals surface area contributed by atoms with Gasteiger partial charge in [-0.2, -0.15) is 0 Å². The Labute approximate surface area is 121 Å². The highest BCUT2D eigenvalue weighted by Gasteiger charge is 2.43. The van der Waals surface area contributed by atoms with Crippen molar-refractivity contribution in [3.63, 3.8) is 0 Å². The first-order chi connectivity index (χ1) is 10.1. The molecule has 0 amide bonds. The summed E-state index contributed by atoms with van der Waals surface area (Å²) in [4.78, 5) is 12.5. The quantitative estimate of drug-likeness (QED) is 0.855. The number of carbonyl (C=O) groups excluding carboxylic acids is 1. The normalized spacial score (nSPS) is 27.6. The first kappa shape index (κ1) is 14.3. The Hall–Kier alpha value is -1.66. The van der Waals surface area contributed by atoms with E-state index in [2.05, 4.69) is 0 Å². The monoisotopic (exact) mass is 296 g/mol. The van der Waals surface area contributed by atoms with Crippen molar-refractivity contribution in [3.05, 3.63) is 23.5 Å². The Morgan fingerprint density at radius 3 is 2.95 bits per heavy atom. The highest BCUT2D eigenvalue weighted by Crippen LogP contribution is 2.38. The van der Waals surface area contributed by atoms with Crippen LogP contribution in [0, 0.1) is 11.7 Å². The van der Waals surface area contributed by atoms with E-state index in [1.54, 1.807) is 0 Å². The third-order valence-corrected chi connectivity index (χ3v) is 3.82. The maximum Gasteiger partial charge on any atom is 0.175 e. The molecule has 3 unspecified atom stereocenters. The number of rotatable bonds is 3. The van der Waals surface area contributed by atoms with Crippen LogP contribution in [0.5, 0.6) is 11.5 Å². The fraction of sp³-hybridized carbons (Fsp3) is 0.533. The number of methoxy groups -OCH3 is 1. The zero-order valence-corrected chi connectivity index (χ0v) is 11.9. The molecule has 0 aromatic heterocycles. The summed E-state index contributed by atoms with van der Waals surface area (Å²) in [6, 6.07) is 2.59. The van der Waals surface area contributed by atoms with Crippen molar-refractivity contribution < 1.29 is 28.1 Å². The molecule has 114 valence electrons. The van der Waals surface area contributed by atoms with Crippen molar-refractivity contribution in [1.29, 1.82) is 0 Å². The second-order valence-electron chi connectivity index (χ2n) is 5.06. The smallest absolute Gasteiger partial charge is 0.175 e. The average Bonchev–Trinajstić information content (AvgIpc) is 2.47. The number of Topliss-reactive ketones (excluding diaryl/α,β-unsaturated/α-hetero) is 1. The van der Waals surface area contributed by atoms with Crippen molar-refractivity contribution in [3.8, 4) is 11.5 Å². The van der Waals surface area contributed by atoms with E-state index < -0.39 is 5.82 Å². The lowest BCUT2D eigenvalue weighted by Gasteiger charge is -2.38. The average molecular weight is 296 g/mol. The van der Waals surface area contributed by atoms with Crippen molar-refractivity contribution in [2.75, 3.05) is 20.3 Å². The van der Waals surface area contributed by atoms with E-state index in [1.165, 1.54) is 19.2 Å². The first-order valence-electron chi connectivity index (χ1n) is 6.95. The Morgan fingerprint density at radius 1 is 1.43 bits per heavy atom. The van der Waals surface area contributed by atoms with Gasteiger partial charge in [0, 0.05) is 19.1 Å². The molecule has 1 fully saturated rings. The molecule has 0 aliphatic carbocycles. The summed E-state index contributed by atoms with van der Waals surface area (Å²) >= 11 is 0. The van der Waals surface area contributed by atoms with Crippen LogP contribution in [0.1, 0.15) is 23.7 Å². The van der Waals surface area contributed by atoms with Gasteiger partial charge in [-0.05, 0) is 13.0 Å². The molecule has 0 saturated carbocycles. The third-order valence-electron chi connectivity index (χ3n) is 3.82. The molecule has 1 aromatic carbocycles. The molecule has 3 rings (SSSR count). The van der Waals surface area contributed by atoms with Gasteiger partial charge in [-0.15, -0.1) is 0 Å². The molecule has 1 saturated heterocycles. The van der Waals surface area contributed by atoms with E-state index in [0.717, 1.165) is 0 Å². The van der Waals surface area contributed by atoms with Gasteiger partial charge >= 0.3 is 0 Å². The molecular weight excluding hydrogens is 279 g/mol. The van der Waals surface area contributed by atoms with E-state index in [1.807, 2.05) is 6.92 Å². The van der Waals surface area contributed by atoms with E-state index in [0.29, 0.717) is 18.6 Å². The lowest BCUT2D eigenvalue weighted by atomic mass is 9.86. The van der Waals surface area contributed by atoms with Crippen LogP contribution < -0.4 is 9.47 Å². The van der Waals surface area contributed by atoms with Crippen LogP contribution in [0.4, 0.5) is 4.39 Å². The van der Waals surface area contributed by atoms with Gasteiger partial charge in [0.15, 0.2) is 23.6 Å². The lowest BCUT2D eigenvalue weighted by Crippen LogP contribution is -2.48. The van der Waals surface area contributed by atoms with E-state index in [4.69, 9.17) is 18.9 Å². The van der Waals surface area contributed by atoms with E-state index in [9.17, 15) is 9.18 Å². The van der Waals surface area contributed by atoms with Crippen molar-refractivity contribution >= 4 is 5.78 Å². The van der Waals surface area contributed by atoms with Crippen LogP contribution in [0.15, 0.2) is 12.1 Å². The van der Waals surface area contributed by atoms with Gasteiger partial charge in [0.1, 0.15) is 11.9 Å². The molecule has 21 heavy (non-hydrogen) atoms. The summed E-state index contributed by atoms with van der Waals surface area (Å²) in [5.74, 6) is -0.737. The summed E-state index contributed by atoms with van der Waals surface area (Å²) in [6.45, 7) is 2.64. The minimum absolute atomic E-state index is 0.0353. The molecule has 2 aliphatic rings. The van der Waals surface area contributed by atoms with Crippen LogP contribution in [0.2, 0.25) is 0 Å². The minimum Gasteiger partial charge on any atom is -0.494 e. The number of hydrogen-bond donors (Lipinski definition) is 0. The maximum atomic E-state index is 13.8. The minimum atomic E-state index is -0.545. The predicted octanol–water partition coefficient (Wildman–Crippen LogP) is 2.18. The first-order valence-corrected chi connectivity index (χ1v) is 6.95. The van der Waals surface area contributed by atoms with Gasteiger partial charge in [-0.3, -0.25) is 4.79 Å². The van der Waals surface area contributed by atoms with Gasteiger partial charge < -0.3 is 18.9 Å². The molecule has 0 bridgehead atoms. The zero-order valence-electron chi connectivity index (χ0n) is 11.9. The standard InChI is InChI=1S/C15H17FO5/c1-3-19-14-6-12-9(7-20-14)15(17)8-4-13(18-2)10(16)5-11(8)21-12/h4-5,9,12,14H,3,6-7H2,1-2H3. The predicted molar refractivity (Wildman–Crippen MR) is 71.2 cm³/mol. The Balaban J connectivity index is 1.89. The maximum absolute atomic E-state index is 13.8. The summed E-state index contributed by atoms with van der Waals surface area (Å²) in [5.41, 5.74) is 0.341. The fourth-order valence-electron chi connectivity index (χ4n) is 2.76. The third kappa shape index (κ3) is 2.49. The topological polar surface area (TPSA) is 54.0 Å². The van der Waals surface area contributed by atoms with E-state index in [-0.39, 0.29) is 42.2 Å². The largest absolute Gasteiger partial charge is 0.494 e. The Kier molecular flexibility index (Phi) is 3.82. The molecule has 6 heteroatoms. The summed E-state index contributed by atoms with van der Waals surface area (Å²) in [7, 11) is 1.36. The number of hydrogen-bond acceptors (Lipinski definition) is 5. The molecular formula is C15H17FO5. The second kappa shape index (κ2) is 5.61. The Morgan fingerprint density at radius 2 is 2.24 bits per heavy atom. The number of benzene rings is 1. The molecule has 2 heterocycles. The van der Waals surface area contributed by atoms with Crippen molar-refractivity contribution in [2.24, 2.45) is 5.92 Å². The highest BCUT2D eigenvalue weighted by atomic mass is 19.1. The highest BCUT2D eigenvalue weighted by molar-refractivity contribution is 6.02. The SMILES string of the molecule is CCOC1CC2Oc3cc(F)c(OC)cc3C(=O)C2CO1. The molecule has 1 aromatic rings. The lowest BCUT2D eigenvalue weighted by molar-refractivity contribution is -0.191. The van der Waals surface area contributed by atoms with Crippen LogP contribution >= 0.6 is 0 Å². The number of ketones is 1. The van der Waals surface area contributed by atoms with Crippen LogP contribution in [0.3, 0.4) is 0 Å². The Bertz CT molecular complexity index is 559. The van der Waals surface area contributed by atoms with Crippen LogP contribution in [0.25, 0.3) is 0 Å². The van der Waals surface area contributed by atoms with Gasteiger partial charge in [0.2, 0.25) is 0 Å². The van der Waals surface area contributed by atoms with Gasteiger partial charge in [-0.1, -0.05) is 0 Å². The number of fused-ring (bicyclic) bond motifs is 2. The number of carbonyl (C=O) groups is 1. The molecule has 0 radical (unpaired) electrons. The molecule has 2 aliphatic heterocycles.